The van der Waals surface area contributed by atoms with Gasteiger partial charge in [0, 0.05) is 10.7 Å². The Morgan fingerprint density at radius 2 is 2.11 bits per heavy atom. The third kappa shape index (κ3) is 3.33. The fourth-order valence-electron chi connectivity index (χ4n) is 3.37. The van der Waals surface area contributed by atoms with Crippen molar-refractivity contribution in [1.82, 2.24) is 4.98 Å². The molecule has 28 heavy (non-hydrogen) atoms. The number of carbonyl (C=O) groups excluding carboxylic acids is 1. The Morgan fingerprint density at radius 1 is 1.32 bits per heavy atom. The van der Waals surface area contributed by atoms with Gasteiger partial charge in [-0.3, -0.25) is 9.59 Å². The Balaban J connectivity index is 1.74. The zero-order chi connectivity index (χ0) is 20.0. The number of fused-ring (bicyclic) bond motifs is 2. The lowest BCUT2D eigenvalue weighted by Crippen LogP contribution is -2.41. The van der Waals surface area contributed by atoms with Crippen LogP contribution < -0.4 is 4.90 Å². The number of aliphatic carboxylic acids is 1. The minimum atomic E-state index is -1.06. The Kier molecular flexibility index (Phi) is 4.76. The maximum atomic E-state index is 14.0. The Morgan fingerprint density at radius 3 is 2.86 bits per heavy atom. The summed E-state index contributed by atoms with van der Waals surface area (Å²) in [5, 5.41) is 9.97. The topological polar surface area (TPSA) is 70.5 Å². The Labute approximate surface area is 167 Å². The van der Waals surface area contributed by atoms with E-state index in [1.165, 1.54) is 11.0 Å². The second-order valence-electron chi connectivity index (χ2n) is 6.51. The summed E-state index contributed by atoms with van der Waals surface area (Å²) >= 11 is 7.23. The first-order chi connectivity index (χ1) is 13.3. The average Bonchev–Trinajstić information content (AvgIpc) is 3.05. The van der Waals surface area contributed by atoms with Gasteiger partial charge in [-0.15, -0.1) is 11.3 Å². The summed E-state index contributed by atoms with van der Waals surface area (Å²) < 4.78 is 27.9. The highest BCUT2D eigenvalue weighted by Gasteiger charge is 2.35. The van der Waals surface area contributed by atoms with Crippen molar-refractivity contribution in [1.29, 1.82) is 0 Å². The van der Waals surface area contributed by atoms with Gasteiger partial charge in [-0.05, 0) is 36.2 Å². The van der Waals surface area contributed by atoms with E-state index in [1.54, 1.807) is 18.2 Å². The van der Waals surface area contributed by atoms with Crippen molar-refractivity contribution in [2.45, 2.75) is 19.4 Å². The summed E-state index contributed by atoms with van der Waals surface area (Å²) in [6.07, 6.45) is 0.00486. The number of nitrogens with zero attached hydrogens (tertiary/aromatic N) is 2. The smallest absolute Gasteiger partial charge is 0.304 e. The van der Waals surface area contributed by atoms with E-state index in [0.29, 0.717) is 26.8 Å². The molecule has 0 saturated carbocycles. The number of thiazole rings is 1. The molecule has 9 heteroatoms. The number of rotatable bonds is 4. The first-order valence-corrected chi connectivity index (χ1v) is 9.58. The van der Waals surface area contributed by atoms with Crippen LogP contribution in [0.3, 0.4) is 0 Å². The second-order valence-corrected chi connectivity index (χ2v) is 8.06. The number of carboxylic acid groups (broad SMARTS) is 1. The van der Waals surface area contributed by atoms with Crippen LogP contribution in [0.4, 0.5) is 14.5 Å². The largest absolute Gasteiger partial charge is 0.481 e. The van der Waals surface area contributed by atoms with E-state index in [-0.39, 0.29) is 24.4 Å². The lowest BCUT2D eigenvalue weighted by atomic mass is 9.89. The monoisotopic (exact) mass is 422 g/mol. The summed E-state index contributed by atoms with van der Waals surface area (Å²) in [4.78, 5) is 29.7. The number of hydrogen-bond acceptors (Lipinski definition) is 4. The number of anilines is 1. The predicted molar refractivity (Wildman–Crippen MR) is 102 cm³/mol. The molecule has 0 radical (unpaired) electrons. The van der Waals surface area contributed by atoms with Gasteiger partial charge in [0.25, 0.3) is 0 Å². The zero-order valence-electron chi connectivity index (χ0n) is 14.3. The number of halogens is 3. The van der Waals surface area contributed by atoms with Crippen LogP contribution in [-0.4, -0.2) is 22.0 Å². The highest BCUT2D eigenvalue weighted by atomic mass is 35.5. The molecule has 1 unspecified atom stereocenters. The highest BCUT2D eigenvalue weighted by Crippen LogP contribution is 2.36. The van der Waals surface area contributed by atoms with Crippen molar-refractivity contribution in [3.63, 3.8) is 0 Å². The van der Waals surface area contributed by atoms with Crippen LogP contribution in [0.15, 0.2) is 30.3 Å². The standard InChI is InChI=1S/C19H13ClF2N2O3S/c20-11-2-1-9-5-10(6-16(25)26)19(27)24(13(9)7-11)8-15-23-18-14(28-15)4-3-12(21)17(18)22/h1-4,7,10H,5-6,8H2,(H,25,26). The highest BCUT2D eigenvalue weighted by molar-refractivity contribution is 7.18. The van der Waals surface area contributed by atoms with Gasteiger partial charge < -0.3 is 10.0 Å². The first-order valence-electron chi connectivity index (χ1n) is 8.38. The predicted octanol–water partition coefficient (Wildman–Crippen LogP) is 4.41. The fraction of sp³-hybridized carbons (Fsp3) is 0.211. The molecule has 1 atom stereocenters. The molecule has 0 spiro atoms. The van der Waals surface area contributed by atoms with Gasteiger partial charge in [0.15, 0.2) is 11.6 Å². The van der Waals surface area contributed by atoms with Crippen LogP contribution in [0.5, 0.6) is 0 Å². The van der Waals surface area contributed by atoms with Crippen LogP contribution in [0.1, 0.15) is 17.0 Å². The van der Waals surface area contributed by atoms with Gasteiger partial charge in [-0.1, -0.05) is 17.7 Å². The minimum Gasteiger partial charge on any atom is -0.481 e. The molecule has 1 aromatic heterocycles. The van der Waals surface area contributed by atoms with Gasteiger partial charge in [0.2, 0.25) is 5.91 Å². The van der Waals surface area contributed by atoms with E-state index in [4.69, 9.17) is 16.7 Å². The quantitative estimate of drug-likeness (QED) is 0.676. The van der Waals surface area contributed by atoms with Gasteiger partial charge >= 0.3 is 5.97 Å². The number of carboxylic acids is 1. The van der Waals surface area contributed by atoms with Gasteiger partial charge in [-0.2, -0.15) is 0 Å². The van der Waals surface area contributed by atoms with E-state index in [0.717, 1.165) is 23.0 Å². The van der Waals surface area contributed by atoms with Crippen molar-refractivity contribution >= 4 is 50.7 Å². The van der Waals surface area contributed by atoms with E-state index in [1.807, 2.05) is 0 Å². The molecule has 2 aromatic carbocycles. The maximum absolute atomic E-state index is 14.0. The van der Waals surface area contributed by atoms with Gasteiger partial charge in [0.05, 0.1) is 23.6 Å². The maximum Gasteiger partial charge on any atom is 0.304 e. The summed E-state index contributed by atoms with van der Waals surface area (Å²) in [6.45, 7) is 0.0166. The molecule has 1 N–H and O–H groups in total. The lowest BCUT2D eigenvalue weighted by Gasteiger charge is -2.33. The van der Waals surface area contributed by atoms with Crippen LogP contribution >= 0.6 is 22.9 Å². The molecule has 0 saturated heterocycles. The van der Waals surface area contributed by atoms with Crippen LogP contribution in [-0.2, 0) is 22.6 Å². The molecule has 2 heterocycles. The third-order valence-corrected chi connectivity index (χ3v) is 5.87. The normalized spacial score (nSPS) is 16.5. The molecule has 144 valence electrons. The molecule has 1 amide bonds. The van der Waals surface area contributed by atoms with E-state index < -0.39 is 23.5 Å². The summed E-state index contributed by atoms with van der Waals surface area (Å²) in [7, 11) is 0. The van der Waals surface area contributed by atoms with Crippen LogP contribution in [0.25, 0.3) is 10.2 Å². The Bertz CT molecular complexity index is 1120. The van der Waals surface area contributed by atoms with Crippen molar-refractivity contribution < 1.29 is 23.5 Å². The summed E-state index contributed by atoms with van der Waals surface area (Å²) in [5.41, 5.74) is 1.29. The molecule has 1 aliphatic heterocycles. The number of carbonyl (C=O) groups is 2. The molecule has 0 fully saturated rings. The first kappa shape index (κ1) is 18.8. The molecule has 1 aliphatic rings. The van der Waals surface area contributed by atoms with Crippen molar-refractivity contribution in [3.8, 4) is 0 Å². The van der Waals surface area contributed by atoms with E-state index >= 15 is 0 Å². The lowest BCUT2D eigenvalue weighted by molar-refractivity contribution is -0.140. The molecule has 0 aliphatic carbocycles. The van der Waals surface area contributed by atoms with E-state index in [2.05, 4.69) is 4.98 Å². The van der Waals surface area contributed by atoms with Gasteiger partial charge in [0.1, 0.15) is 10.5 Å². The molecular formula is C19H13ClF2N2O3S. The van der Waals surface area contributed by atoms with E-state index in [9.17, 15) is 18.4 Å². The average molecular weight is 423 g/mol. The van der Waals surface area contributed by atoms with Crippen molar-refractivity contribution in [3.05, 3.63) is 57.6 Å². The van der Waals surface area contributed by atoms with Crippen LogP contribution in [0.2, 0.25) is 5.02 Å². The second kappa shape index (κ2) is 7.10. The third-order valence-electron chi connectivity index (χ3n) is 4.63. The molecule has 5 nitrogen and oxygen atoms in total. The fourth-order valence-corrected chi connectivity index (χ4v) is 4.49. The molecule has 0 bridgehead atoms. The molecular weight excluding hydrogens is 410 g/mol. The summed E-state index contributed by atoms with van der Waals surface area (Å²) in [5.74, 6) is -4.15. The number of aromatic nitrogens is 1. The van der Waals surface area contributed by atoms with Gasteiger partial charge in [-0.25, -0.2) is 13.8 Å². The SMILES string of the molecule is O=C(O)CC1Cc2ccc(Cl)cc2N(Cc2nc3c(F)c(F)ccc3s2)C1=O. The molecule has 3 aromatic rings. The van der Waals surface area contributed by atoms with Crippen LogP contribution in [0, 0.1) is 17.6 Å². The molecule has 4 rings (SSSR count). The summed E-state index contributed by atoms with van der Waals surface area (Å²) in [6, 6.07) is 7.55. The van der Waals surface area contributed by atoms with Crippen molar-refractivity contribution in [2.24, 2.45) is 5.92 Å². The van der Waals surface area contributed by atoms with Crippen molar-refractivity contribution in [2.75, 3.05) is 4.90 Å². The minimum absolute atomic E-state index is 0.0166. The number of hydrogen-bond donors (Lipinski definition) is 1. The zero-order valence-corrected chi connectivity index (χ0v) is 15.9. The Hall–Kier alpha value is -2.58. The number of benzene rings is 2. The number of amides is 1.